The maximum absolute atomic E-state index is 13.5. The molecule has 0 aliphatic carbocycles. The second kappa shape index (κ2) is 4.64. The molecule has 0 spiro atoms. The summed E-state index contributed by atoms with van der Waals surface area (Å²) < 4.78 is 28.1. The summed E-state index contributed by atoms with van der Waals surface area (Å²) in [6.07, 6.45) is 1.10. The fraction of sp³-hybridized carbons (Fsp3) is 0.143. The highest BCUT2D eigenvalue weighted by molar-refractivity contribution is 5.78. The average Bonchev–Trinajstić information content (AvgIpc) is 2.78. The summed E-state index contributed by atoms with van der Waals surface area (Å²) in [5, 5.41) is 0. The number of hydrogen-bond donors (Lipinski definition) is 1. The van der Waals surface area contributed by atoms with Gasteiger partial charge in [0.1, 0.15) is 23.3 Å². The van der Waals surface area contributed by atoms with Gasteiger partial charge in [0, 0.05) is 6.07 Å². The topological polar surface area (TPSA) is 56.7 Å². The largest absolute Gasteiger partial charge is 0.322 e. The zero-order valence-corrected chi connectivity index (χ0v) is 10.7. The van der Waals surface area contributed by atoms with Crippen LogP contribution in [0.5, 0.6) is 0 Å². The Morgan fingerprint density at radius 2 is 1.90 bits per heavy atom. The van der Waals surface area contributed by atoms with Crippen molar-refractivity contribution in [1.29, 1.82) is 0 Å². The third kappa shape index (κ3) is 2.04. The van der Waals surface area contributed by atoms with Gasteiger partial charge in [0.15, 0.2) is 0 Å². The molecule has 0 aliphatic rings. The van der Waals surface area contributed by atoms with Gasteiger partial charge in [-0.3, -0.25) is 4.57 Å². The molecule has 2 N–H and O–H groups in total. The number of aromatic nitrogens is 3. The minimum Gasteiger partial charge on any atom is -0.322 e. The van der Waals surface area contributed by atoms with Crippen molar-refractivity contribution in [2.45, 2.75) is 13.0 Å². The summed E-state index contributed by atoms with van der Waals surface area (Å²) in [5.41, 5.74) is 7.07. The van der Waals surface area contributed by atoms with E-state index >= 15 is 0 Å². The molecule has 0 aliphatic heterocycles. The van der Waals surface area contributed by atoms with Crippen LogP contribution in [-0.4, -0.2) is 14.5 Å². The van der Waals surface area contributed by atoms with E-state index in [-0.39, 0.29) is 11.9 Å². The standard InChI is InChI=1S/C14H12F2N4/c1-8(17)14-19-11-4-2-9(15)6-12(11)20(14)13-5-3-10(16)7-18-13/h2-8H,17H2,1H3/t8-/m0/s1. The van der Waals surface area contributed by atoms with Crippen LogP contribution >= 0.6 is 0 Å². The van der Waals surface area contributed by atoms with Crippen molar-refractivity contribution in [3.8, 4) is 5.82 Å². The molecule has 0 unspecified atom stereocenters. The van der Waals surface area contributed by atoms with Crippen molar-refractivity contribution in [2.75, 3.05) is 0 Å². The fourth-order valence-corrected chi connectivity index (χ4v) is 2.11. The van der Waals surface area contributed by atoms with Crippen LogP contribution in [0.1, 0.15) is 18.8 Å². The number of fused-ring (bicyclic) bond motifs is 1. The highest BCUT2D eigenvalue weighted by Gasteiger charge is 2.16. The predicted octanol–water partition coefficient (Wildman–Crippen LogP) is 2.72. The summed E-state index contributed by atoms with van der Waals surface area (Å²) in [6.45, 7) is 1.78. The first-order valence-electron chi connectivity index (χ1n) is 6.11. The van der Waals surface area contributed by atoms with Crippen molar-refractivity contribution >= 4 is 11.0 Å². The zero-order valence-electron chi connectivity index (χ0n) is 10.7. The maximum Gasteiger partial charge on any atom is 0.141 e. The van der Waals surface area contributed by atoms with Gasteiger partial charge < -0.3 is 5.73 Å². The molecule has 0 fully saturated rings. The molecule has 2 heterocycles. The van der Waals surface area contributed by atoms with Gasteiger partial charge in [-0.15, -0.1) is 0 Å². The van der Waals surface area contributed by atoms with E-state index in [1.54, 1.807) is 17.6 Å². The van der Waals surface area contributed by atoms with Crippen LogP contribution in [0.25, 0.3) is 16.9 Å². The molecule has 0 saturated heterocycles. The molecule has 3 aromatic rings. The molecular formula is C14H12F2N4. The van der Waals surface area contributed by atoms with Crippen LogP contribution in [-0.2, 0) is 0 Å². The molecule has 2 aromatic heterocycles. The zero-order chi connectivity index (χ0) is 14.3. The summed E-state index contributed by atoms with van der Waals surface area (Å²) >= 11 is 0. The predicted molar refractivity (Wildman–Crippen MR) is 71.4 cm³/mol. The molecule has 1 atom stereocenters. The lowest BCUT2D eigenvalue weighted by atomic mass is 10.3. The number of nitrogens with two attached hydrogens (primary N) is 1. The Labute approximate surface area is 113 Å². The second-order valence-corrected chi connectivity index (χ2v) is 4.56. The summed E-state index contributed by atoms with van der Waals surface area (Å²) in [5.74, 6) is 0.181. The van der Waals surface area contributed by atoms with Crippen LogP contribution in [0.15, 0.2) is 36.5 Å². The van der Waals surface area contributed by atoms with E-state index in [1.165, 1.54) is 24.3 Å². The van der Waals surface area contributed by atoms with Crippen molar-refractivity contribution in [1.82, 2.24) is 14.5 Å². The first-order valence-corrected chi connectivity index (χ1v) is 6.11. The lowest BCUT2D eigenvalue weighted by Gasteiger charge is -2.10. The molecule has 0 amide bonds. The molecule has 0 radical (unpaired) electrons. The Hall–Kier alpha value is -2.34. The smallest absolute Gasteiger partial charge is 0.141 e. The highest BCUT2D eigenvalue weighted by atomic mass is 19.1. The van der Waals surface area contributed by atoms with Gasteiger partial charge in [-0.2, -0.15) is 0 Å². The number of pyridine rings is 1. The lowest BCUT2D eigenvalue weighted by molar-refractivity contribution is 0.619. The lowest BCUT2D eigenvalue weighted by Crippen LogP contribution is -2.13. The maximum atomic E-state index is 13.5. The first-order chi connectivity index (χ1) is 9.56. The van der Waals surface area contributed by atoms with E-state index in [1.807, 2.05) is 0 Å². The number of halogens is 2. The number of benzene rings is 1. The molecule has 0 bridgehead atoms. The van der Waals surface area contributed by atoms with Gasteiger partial charge in [-0.25, -0.2) is 18.7 Å². The Balaban J connectivity index is 2.33. The van der Waals surface area contributed by atoms with Crippen LogP contribution < -0.4 is 5.73 Å². The van der Waals surface area contributed by atoms with E-state index in [0.29, 0.717) is 22.7 Å². The Morgan fingerprint density at radius 3 is 2.55 bits per heavy atom. The van der Waals surface area contributed by atoms with Crippen LogP contribution in [0.4, 0.5) is 8.78 Å². The van der Waals surface area contributed by atoms with E-state index in [4.69, 9.17) is 5.73 Å². The van der Waals surface area contributed by atoms with Gasteiger partial charge in [-0.1, -0.05) is 0 Å². The van der Waals surface area contributed by atoms with Gasteiger partial charge in [0.2, 0.25) is 0 Å². The fourth-order valence-electron chi connectivity index (χ4n) is 2.11. The number of nitrogens with zero attached hydrogens (tertiary/aromatic N) is 3. The van der Waals surface area contributed by atoms with Gasteiger partial charge >= 0.3 is 0 Å². The monoisotopic (exact) mass is 274 g/mol. The second-order valence-electron chi connectivity index (χ2n) is 4.56. The summed E-state index contributed by atoms with van der Waals surface area (Å²) in [4.78, 5) is 8.40. The molecule has 3 rings (SSSR count). The van der Waals surface area contributed by atoms with Crippen molar-refractivity contribution in [3.05, 3.63) is 54.0 Å². The number of hydrogen-bond acceptors (Lipinski definition) is 3. The summed E-state index contributed by atoms with van der Waals surface area (Å²) in [6, 6.07) is 6.71. The molecule has 102 valence electrons. The van der Waals surface area contributed by atoms with Crippen molar-refractivity contribution < 1.29 is 8.78 Å². The van der Waals surface area contributed by atoms with Gasteiger partial charge in [-0.05, 0) is 31.2 Å². The normalized spacial score (nSPS) is 12.8. The Morgan fingerprint density at radius 1 is 1.15 bits per heavy atom. The molecular weight excluding hydrogens is 262 g/mol. The summed E-state index contributed by atoms with van der Waals surface area (Å²) in [7, 11) is 0. The average molecular weight is 274 g/mol. The molecule has 6 heteroatoms. The molecule has 1 aromatic carbocycles. The first kappa shape index (κ1) is 12.7. The number of rotatable bonds is 2. The van der Waals surface area contributed by atoms with E-state index in [9.17, 15) is 8.78 Å². The van der Waals surface area contributed by atoms with Crippen LogP contribution in [0, 0.1) is 11.6 Å². The third-order valence-electron chi connectivity index (χ3n) is 2.99. The molecule has 0 saturated carbocycles. The van der Waals surface area contributed by atoms with Crippen LogP contribution in [0.2, 0.25) is 0 Å². The molecule has 20 heavy (non-hydrogen) atoms. The minimum atomic E-state index is -0.438. The van der Waals surface area contributed by atoms with Crippen LogP contribution in [0.3, 0.4) is 0 Å². The quantitative estimate of drug-likeness (QED) is 0.781. The number of imidazole rings is 1. The molecule has 4 nitrogen and oxygen atoms in total. The Kier molecular flexibility index (Phi) is 2.94. The van der Waals surface area contributed by atoms with E-state index < -0.39 is 5.82 Å². The van der Waals surface area contributed by atoms with E-state index in [0.717, 1.165) is 6.20 Å². The van der Waals surface area contributed by atoms with Crippen molar-refractivity contribution in [2.24, 2.45) is 5.73 Å². The van der Waals surface area contributed by atoms with Gasteiger partial charge in [0.05, 0.1) is 23.3 Å². The van der Waals surface area contributed by atoms with Crippen molar-refractivity contribution in [3.63, 3.8) is 0 Å². The Bertz CT molecular complexity index is 763. The SMILES string of the molecule is C[C@H](N)c1nc2ccc(F)cc2n1-c1ccc(F)cn1. The minimum absolute atomic E-state index is 0.364. The third-order valence-corrected chi connectivity index (χ3v) is 2.99. The van der Waals surface area contributed by atoms with Gasteiger partial charge in [0.25, 0.3) is 0 Å². The van der Waals surface area contributed by atoms with E-state index in [2.05, 4.69) is 9.97 Å². The highest BCUT2D eigenvalue weighted by Crippen LogP contribution is 2.24.